The second-order valence-corrected chi connectivity index (χ2v) is 11.7. The minimum absolute atomic E-state index is 0.166. The van der Waals surface area contributed by atoms with Gasteiger partial charge in [-0.1, -0.05) is 42.5 Å². The first kappa shape index (κ1) is 23.5. The van der Waals surface area contributed by atoms with Gasteiger partial charge in [0.2, 0.25) is 0 Å². The van der Waals surface area contributed by atoms with Gasteiger partial charge < -0.3 is 4.57 Å². The van der Waals surface area contributed by atoms with Crippen molar-refractivity contribution in [2.24, 2.45) is 4.99 Å². The highest BCUT2D eigenvalue weighted by molar-refractivity contribution is 7.92. The number of benzene rings is 3. The molecule has 0 atom stereocenters. The molecule has 0 spiro atoms. The van der Waals surface area contributed by atoms with Gasteiger partial charge in [0, 0.05) is 18.7 Å². The van der Waals surface area contributed by atoms with E-state index in [0.29, 0.717) is 23.3 Å². The fraction of sp³-hybridized carbons (Fsp3) is 0.259. The number of sulfonamides is 1. The summed E-state index contributed by atoms with van der Waals surface area (Å²) in [5, 5.41) is 0. The molecule has 1 aromatic heterocycles. The molecule has 0 saturated heterocycles. The summed E-state index contributed by atoms with van der Waals surface area (Å²) in [6, 6.07) is 17.9. The van der Waals surface area contributed by atoms with Crippen molar-refractivity contribution in [1.29, 1.82) is 0 Å². The normalized spacial score (nSPS) is 14.0. The van der Waals surface area contributed by atoms with Gasteiger partial charge in [0.1, 0.15) is 0 Å². The Kier molecular flexibility index (Phi) is 6.11. The molecule has 1 aliphatic heterocycles. The summed E-state index contributed by atoms with van der Waals surface area (Å²) < 4.78 is 31.2. The number of rotatable bonds is 5. The predicted octanol–water partition coefficient (Wildman–Crippen LogP) is 5.22. The van der Waals surface area contributed by atoms with Gasteiger partial charge in [-0.2, -0.15) is 4.99 Å². The van der Waals surface area contributed by atoms with Gasteiger partial charge in [-0.15, -0.1) is 0 Å². The summed E-state index contributed by atoms with van der Waals surface area (Å²) in [6.45, 7) is 7.43. The van der Waals surface area contributed by atoms with E-state index in [2.05, 4.69) is 42.5 Å². The number of amides is 1. The molecule has 180 valence electrons. The van der Waals surface area contributed by atoms with Gasteiger partial charge in [-0.25, -0.2) is 8.42 Å². The smallest absolute Gasteiger partial charge is 0.279 e. The number of aromatic nitrogens is 1. The molecule has 4 aromatic rings. The third-order valence-corrected chi connectivity index (χ3v) is 9.35. The lowest BCUT2D eigenvalue weighted by atomic mass is 10.1. The highest BCUT2D eigenvalue weighted by Crippen LogP contribution is 2.32. The summed E-state index contributed by atoms with van der Waals surface area (Å²) in [5.74, 6) is -0.383. The van der Waals surface area contributed by atoms with Gasteiger partial charge in [0.15, 0.2) is 4.80 Å². The molecule has 0 aliphatic carbocycles. The number of hydrogen-bond donors (Lipinski definition) is 0. The zero-order valence-corrected chi connectivity index (χ0v) is 21.6. The van der Waals surface area contributed by atoms with Crippen LogP contribution in [0.3, 0.4) is 0 Å². The molecule has 35 heavy (non-hydrogen) atoms. The first-order valence-corrected chi connectivity index (χ1v) is 14.0. The van der Waals surface area contributed by atoms with Crippen LogP contribution in [-0.2, 0) is 23.0 Å². The maximum absolute atomic E-state index is 13.3. The van der Waals surface area contributed by atoms with Crippen LogP contribution in [-0.4, -0.2) is 25.4 Å². The van der Waals surface area contributed by atoms with Crippen molar-refractivity contribution in [3.63, 3.8) is 0 Å². The molecule has 1 aliphatic rings. The van der Waals surface area contributed by atoms with Crippen molar-refractivity contribution in [1.82, 2.24) is 4.57 Å². The number of nitrogens with zero attached hydrogens (tertiary/aromatic N) is 3. The second-order valence-electron chi connectivity index (χ2n) is 8.86. The molecular formula is C27H27N3O3S2. The van der Waals surface area contributed by atoms with Crippen LogP contribution in [0.1, 0.15) is 40.4 Å². The van der Waals surface area contributed by atoms with Gasteiger partial charge in [0.05, 0.1) is 20.8 Å². The molecule has 0 unspecified atom stereocenters. The fourth-order valence-corrected chi connectivity index (χ4v) is 7.25. The monoisotopic (exact) mass is 505 g/mol. The first-order valence-electron chi connectivity index (χ1n) is 11.7. The van der Waals surface area contributed by atoms with E-state index >= 15 is 0 Å². The number of fused-ring (bicyclic) bond motifs is 2. The second kappa shape index (κ2) is 9.09. The molecule has 0 fully saturated rings. The Morgan fingerprint density at radius 2 is 1.80 bits per heavy atom. The van der Waals surface area contributed by atoms with E-state index in [-0.39, 0.29) is 10.8 Å². The minimum Gasteiger partial charge on any atom is -0.316 e. The average Bonchev–Trinajstić information content (AvgIpc) is 3.42. The lowest BCUT2D eigenvalue weighted by molar-refractivity contribution is 0.0997. The van der Waals surface area contributed by atoms with E-state index in [1.54, 1.807) is 12.1 Å². The van der Waals surface area contributed by atoms with Crippen LogP contribution in [0.2, 0.25) is 0 Å². The Morgan fingerprint density at radius 3 is 2.54 bits per heavy atom. The van der Waals surface area contributed by atoms with E-state index in [9.17, 15) is 13.2 Å². The summed E-state index contributed by atoms with van der Waals surface area (Å²) in [7, 11) is -3.70. The van der Waals surface area contributed by atoms with Crippen LogP contribution in [0.5, 0.6) is 0 Å². The predicted molar refractivity (Wildman–Crippen MR) is 141 cm³/mol. The van der Waals surface area contributed by atoms with Crippen LogP contribution in [0.15, 0.2) is 70.6 Å². The largest absolute Gasteiger partial charge is 0.316 e. The number of carbonyl (C=O) groups excluding carboxylic acids is 1. The van der Waals surface area contributed by atoms with Crippen molar-refractivity contribution in [3.05, 3.63) is 87.7 Å². The minimum atomic E-state index is -3.70. The molecule has 0 saturated carbocycles. The van der Waals surface area contributed by atoms with E-state index in [0.717, 1.165) is 34.4 Å². The van der Waals surface area contributed by atoms with Crippen molar-refractivity contribution in [2.75, 3.05) is 10.8 Å². The zero-order valence-electron chi connectivity index (χ0n) is 20.0. The summed E-state index contributed by atoms with van der Waals surface area (Å²) in [4.78, 5) is 18.3. The molecule has 0 radical (unpaired) electrons. The van der Waals surface area contributed by atoms with E-state index in [1.165, 1.54) is 38.9 Å². The van der Waals surface area contributed by atoms with Crippen LogP contribution in [0.25, 0.3) is 10.2 Å². The van der Waals surface area contributed by atoms with Crippen LogP contribution in [0.4, 0.5) is 5.69 Å². The molecule has 2 heterocycles. The molecule has 3 aromatic carbocycles. The topological polar surface area (TPSA) is 71.7 Å². The number of hydrogen-bond acceptors (Lipinski definition) is 4. The molecule has 6 nitrogen and oxygen atoms in total. The van der Waals surface area contributed by atoms with E-state index in [1.807, 2.05) is 24.3 Å². The van der Waals surface area contributed by atoms with Gasteiger partial charge >= 0.3 is 0 Å². The third-order valence-electron chi connectivity index (χ3n) is 6.29. The van der Waals surface area contributed by atoms with Crippen LogP contribution >= 0.6 is 11.3 Å². The van der Waals surface area contributed by atoms with Gasteiger partial charge in [-0.3, -0.25) is 9.10 Å². The Hall–Kier alpha value is -3.23. The van der Waals surface area contributed by atoms with Crippen molar-refractivity contribution in [3.8, 4) is 0 Å². The Morgan fingerprint density at radius 1 is 1.06 bits per heavy atom. The molecule has 0 bridgehead atoms. The summed E-state index contributed by atoms with van der Waals surface area (Å²) in [6.07, 6.45) is 1.61. The standard InChI is InChI=1S/C27H27N3O3S2/c1-4-14-29-24-17-18(2)16-19(3)25(24)34-27(29)28-26(31)21-9-11-22(12-10-21)35(32,33)30-15-13-20-7-5-6-8-23(20)30/h5-12,16-17H,4,13-15H2,1-3H3. The maximum atomic E-state index is 13.3. The van der Waals surface area contributed by atoms with Crippen LogP contribution in [0, 0.1) is 13.8 Å². The van der Waals surface area contributed by atoms with Gasteiger partial charge in [0.25, 0.3) is 15.9 Å². The number of thiazole rings is 1. The van der Waals surface area contributed by atoms with Crippen molar-refractivity contribution in [2.45, 2.75) is 45.1 Å². The SMILES string of the molecule is CCCn1c(=NC(=O)c2ccc(S(=O)(=O)N3CCc4ccccc43)cc2)sc2c(C)cc(C)cc21. The third kappa shape index (κ3) is 4.21. The molecular weight excluding hydrogens is 478 g/mol. The zero-order chi connectivity index (χ0) is 24.7. The van der Waals surface area contributed by atoms with E-state index in [4.69, 9.17) is 0 Å². The number of anilines is 1. The van der Waals surface area contributed by atoms with Gasteiger partial charge in [-0.05, 0) is 79.8 Å². The lowest BCUT2D eigenvalue weighted by Crippen LogP contribution is -2.29. The molecule has 0 N–H and O–H groups in total. The first-order chi connectivity index (χ1) is 16.8. The summed E-state index contributed by atoms with van der Waals surface area (Å²) in [5.41, 5.74) is 5.54. The average molecular weight is 506 g/mol. The molecule has 5 rings (SSSR count). The number of para-hydroxylation sites is 1. The molecule has 8 heteroatoms. The Labute approximate surface area is 209 Å². The Balaban J connectivity index is 1.48. The Bertz CT molecular complexity index is 1610. The molecule has 1 amide bonds. The fourth-order valence-electron chi connectivity index (χ4n) is 4.64. The highest BCUT2D eigenvalue weighted by Gasteiger charge is 2.30. The summed E-state index contributed by atoms with van der Waals surface area (Å²) >= 11 is 1.51. The maximum Gasteiger partial charge on any atom is 0.279 e. The highest BCUT2D eigenvalue weighted by atomic mass is 32.2. The quantitative estimate of drug-likeness (QED) is 0.373. The van der Waals surface area contributed by atoms with E-state index < -0.39 is 10.0 Å². The van der Waals surface area contributed by atoms with Crippen molar-refractivity contribution >= 4 is 43.2 Å². The number of aryl methyl sites for hydroxylation is 3. The lowest BCUT2D eigenvalue weighted by Gasteiger charge is -2.19. The van der Waals surface area contributed by atoms with Crippen molar-refractivity contribution < 1.29 is 13.2 Å². The van der Waals surface area contributed by atoms with Crippen LogP contribution < -0.4 is 9.11 Å². The number of carbonyl (C=O) groups is 1.